The van der Waals surface area contributed by atoms with Crippen LogP contribution in [-0.4, -0.2) is 86.5 Å². The Kier molecular flexibility index (Phi) is 12.8. The molecule has 0 spiro atoms. The first-order chi connectivity index (χ1) is 31.8. The Labute approximate surface area is 377 Å². The summed E-state index contributed by atoms with van der Waals surface area (Å²) in [7, 11) is 1.28. The predicted octanol–water partition coefficient (Wildman–Crippen LogP) is 7.33. The maximum atomic E-state index is 14.2. The molecule has 5 heterocycles. The van der Waals surface area contributed by atoms with Crippen LogP contribution in [0.25, 0.3) is 22.5 Å². The Morgan fingerprint density at radius 2 is 1.12 bits per heavy atom. The van der Waals surface area contributed by atoms with Gasteiger partial charge >= 0.3 is 6.09 Å². The fourth-order valence-electron chi connectivity index (χ4n) is 8.94. The number of amides is 4. The second-order valence-electron chi connectivity index (χ2n) is 16.5. The normalized spacial score (nSPS) is 18.9. The molecule has 14 heteroatoms. The average molecular weight is 871 g/mol. The van der Waals surface area contributed by atoms with Crippen LogP contribution in [0.4, 0.5) is 4.79 Å². The monoisotopic (exact) mass is 870 g/mol. The Balaban J connectivity index is 0.830. The molecule has 3 saturated heterocycles. The minimum absolute atomic E-state index is 0.164. The van der Waals surface area contributed by atoms with Crippen molar-refractivity contribution in [3.05, 3.63) is 155 Å². The van der Waals surface area contributed by atoms with Gasteiger partial charge in [0.05, 0.1) is 43.0 Å². The van der Waals surface area contributed by atoms with Crippen molar-refractivity contribution in [1.29, 1.82) is 0 Å². The largest absolute Gasteiger partial charge is 0.453 e. The highest BCUT2D eigenvalue weighted by Gasteiger charge is 2.39. The van der Waals surface area contributed by atoms with E-state index in [2.05, 4.69) is 37.4 Å². The number of alkyl carbamates (subject to hydrolysis) is 1. The lowest BCUT2D eigenvalue weighted by atomic mass is 10.0. The summed E-state index contributed by atoms with van der Waals surface area (Å²) in [5.41, 5.74) is 6.65. The van der Waals surface area contributed by atoms with E-state index in [0.717, 1.165) is 71.3 Å². The molecule has 5 atom stereocenters. The summed E-state index contributed by atoms with van der Waals surface area (Å²) in [5, 5.41) is 5.70. The number of aromatic nitrogens is 4. The summed E-state index contributed by atoms with van der Waals surface area (Å²) in [5.74, 6) is 7.28. The van der Waals surface area contributed by atoms with Gasteiger partial charge in [-0.15, -0.1) is 0 Å². The third-order valence-corrected chi connectivity index (χ3v) is 12.4. The van der Waals surface area contributed by atoms with Crippen molar-refractivity contribution < 1.29 is 28.7 Å². The van der Waals surface area contributed by atoms with Crippen LogP contribution in [-0.2, 0) is 23.9 Å². The standard InChI is InChI=1S/C51H50N8O6/c1-64-51(63)57-45(38-13-6-3-7-14-38)50(62)59-29-9-16-42(59)47-53-32-40(55-47)36-26-22-34(23-27-36)19-18-33-20-24-35(25-21-33)39-31-52-46(54-39)41-15-8-28-58(41)49(61)44(37-11-4-2-5-12-37)56-48(60)43-17-10-30-65-43/h2-7,11-14,20-27,31-32,41-45H,8-10,15-17,28-30H2,1H3,(H,52,54)(H,53,55)(H,56,60)(H,57,63). The number of aromatic amines is 2. The number of likely N-dealkylation sites (tertiary alicyclic amines) is 2. The molecule has 0 radical (unpaired) electrons. The number of carbonyl (C=O) groups is 4. The number of hydrogen-bond acceptors (Lipinski definition) is 8. The van der Waals surface area contributed by atoms with E-state index < -0.39 is 24.3 Å². The number of ether oxygens (including phenoxy) is 2. The summed E-state index contributed by atoms with van der Waals surface area (Å²) in [4.78, 5) is 73.4. The lowest BCUT2D eigenvalue weighted by Gasteiger charge is -2.29. The molecule has 4 aromatic carbocycles. The van der Waals surface area contributed by atoms with Crippen LogP contribution in [0.1, 0.15) is 96.6 Å². The van der Waals surface area contributed by atoms with E-state index in [0.29, 0.717) is 43.3 Å². The van der Waals surface area contributed by atoms with Crippen molar-refractivity contribution in [2.45, 2.75) is 68.8 Å². The molecule has 14 nitrogen and oxygen atoms in total. The number of H-pyrrole nitrogens is 2. The van der Waals surface area contributed by atoms with E-state index in [1.807, 2.05) is 114 Å². The highest BCUT2D eigenvalue weighted by molar-refractivity contribution is 5.91. The van der Waals surface area contributed by atoms with E-state index in [1.54, 1.807) is 17.3 Å². The topological polar surface area (TPSA) is 175 Å². The molecule has 3 fully saturated rings. The van der Waals surface area contributed by atoms with E-state index >= 15 is 0 Å². The van der Waals surface area contributed by atoms with Gasteiger partial charge in [0.1, 0.15) is 29.8 Å². The zero-order valence-electron chi connectivity index (χ0n) is 36.0. The van der Waals surface area contributed by atoms with Crippen molar-refractivity contribution in [2.24, 2.45) is 0 Å². The highest BCUT2D eigenvalue weighted by Crippen LogP contribution is 2.36. The molecule has 2 aromatic heterocycles. The summed E-state index contributed by atoms with van der Waals surface area (Å²) < 4.78 is 10.4. The quantitative estimate of drug-likeness (QED) is 0.0980. The van der Waals surface area contributed by atoms with Crippen LogP contribution in [0.15, 0.2) is 122 Å². The van der Waals surface area contributed by atoms with Gasteiger partial charge in [0.15, 0.2) is 0 Å². The number of imidazole rings is 2. The Morgan fingerprint density at radius 3 is 1.57 bits per heavy atom. The first kappa shape index (κ1) is 42.8. The van der Waals surface area contributed by atoms with Crippen LogP contribution in [0.2, 0.25) is 0 Å². The molecule has 330 valence electrons. The second kappa shape index (κ2) is 19.5. The molecule has 0 bridgehead atoms. The van der Waals surface area contributed by atoms with E-state index in [1.165, 1.54) is 7.11 Å². The van der Waals surface area contributed by atoms with Gasteiger partial charge in [-0.3, -0.25) is 14.4 Å². The van der Waals surface area contributed by atoms with E-state index in [-0.39, 0.29) is 29.8 Å². The van der Waals surface area contributed by atoms with E-state index in [4.69, 9.17) is 14.5 Å². The lowest BCUT2D eigenvalue weighted by Crippen LogP contribution is -2.45. The third kappa shape index (κ3) is 9.56. The molecule has 4 amide bonds. The third-order valence-electron chi connectivity index (χ3n) is 12.4. The first-order valence-electron chi connectivity index (χ1n) is 22.1. The van der Waals surface area contributed by atoms with Crippen molar-refractivity contribution in [3.8, 4) is 34.4 Å². The van der Waals surface area contributed by atoms with Gasteiger partial charge in [-0.1, -0.05) is 96.8 Å². The molecule has 5 unspecified atom stereocenters. The smallest absolute Gasteiger partial charge is 0.407 e. The highest BCUT2D eigenvalue weighted by atomic mass is 16.5. The molecule has 0 saturated carbocycles. The molecular weight excluding hydrogens is 821 g/mol. The molecule has 0 aliphatic carbocycles. The van der Waals surface area contributed by atoms with Crippen LogP contribution >= 0.6 is 0 Å². The van der Waals surface area contributed by atoms with Crippen molar-refractivity contribution in [2.75, 3.05) is 26.8 Å². The number of rotatable bonds is 11. The molecule has 65 heavy (non-hydrogen) atoms. The minimum Gasteiger partial charge on any atom is -0.453 e. The predicted molar refractivity (Wildman–Crippen MR) is 242 cm³/mol. The SMILES string of the molecule is COC(=O)NC(C(=O)N1CCCC1c1ncc(-c2ccc(C#Cc3ccc(-c4cnc(C5CCCN5C(=O)C(NC(=O)C5CCCO5)c5ccccc5)[nH]4)cc3)cc2)[nH]1)c1ccccc1. The van der Waals surface area contributed by atoms with E-state index in [9.17, 15) is 19.2 Å². The molecule has 4 N–H and O–H groups in total. The lowest BCUT2D eigenvalue weighted by molar-refractivity contribution is -0.140. The van der Waals surface area contributed by atoms with Gasteiger partial charge < -0.3 is 39.9 Å². The number of methoxy groups -OCH3 is 1. The number of hydrogen-bond donors (Lipinski definition) is 4. The molecule has 9 rings (SSSR count). The van der Waals surface area contributed by atoms with Gasteiger partial charge in [0.2, 0.25) is 11.8 Å². The summed E-state index contributed by atoms with van der Waals surface area (Å²) in [6.07, 6.45) is 6.97. The summed E-state index contributed by atoms with van der Waals surface area (Å²) >= 11 is 0. The maximum Gasteiger partial charge on any atom is 0.407 e. The van der Waals surface area contributed by atoms with Crippen LogP contribution < -0.4 is 10.6 Å². The van der Waals surface area contributed by atoms with Gasteiger partial charge in [0.25, 0.3) is 5.91 Å². The number of nitrogens with one attached hydrogen (secondary N) is 4. The van der Waals surface area contributed by atoms with Crippen molar-refractivity contribution in [1.82, 2.24) is 40.4 Å². The van der Waals surface area contributed by atoms with Crippen LogP contribution in [0.5, 0.6) is 0 Å². The fraction of sp³-hybridized carbons (Fsp3) is 0.294. The molecule has 3 aliphatic rings. The van der Waals surface area contributed by atoms with Gasteiger partial charge in [-0.05, 0) is 85.0 Å². The summed E-state index contributed by atoms with van der Waals surface area (Å²) in [6.45, 7) is 1.66. The van der Waals surface area contributed by atoms with Crippen molar-refractivity contribution in [3.63, 3.8) is 0 Å². The minimum atomic E-state index is -0.886. The Hall–Kier alpha value is -7.50. The number of nitrogens with zero attached hydrogens (tertiary/aromatic N) is 4. The molecular formula is C51H50N8O6. The van der Waals surface area contributed by atoms with Gasteiger partial charge in [-0.2, -0.15) is 0 Å². The Morgan fingerprint density at radius 1 is 0.646 bits per heavy atom. The maximum absolute atomic E-state index is 14.2. The molecule has 6 aromatic rings. The molecule has 3 aliphatic heterocycles. The van der Waals surface area contributed by atoms with Gasteiger partial charge in [-0.25, -0.2) is 14.8 Å². The number of benzene rings is 4. The van der Waals surface area contributed by atoms with Crippen molar-refractivity contribution >= 4 is 23.8 Å². The van der Waals surface area contributed by atoms with Gasteiger partial charge in [0, 0.05) is 30.8 Å². The first-order valence-corrected chi connectivity index (χ1v) is 22.1. The average Bonchev–Trinajstić information content (AvgIpc) is 4.22. The zero-order chi connectivity index (χ0) is 44.7. The van der Waals surface area contributed by atoms with Crippen LogP contribution in [0, 0.1) is 11.8 Å². The second-order valence-corrected chi connectivity index (χ2v) is 16.5. The number of carbonyl (C=O) groups excluding carboxylic acids is 4. The fourth-order valence-corrected chi connectivity index (χ4v) is 8.94. The summed E-state index contributed by atoms with van der Waals surface area (Å²) in [6, 6.07) is 32.2. The van der Waals surface area contributed by atoms with Crippen LogP contribution in [0.3, 0.4) is 0 Å². The Bertz CT molecular complexity index is 2680. The zero-order valence-corrected chi connectivity index (χ0v) is 36.0.